The molecule has 1 amide bonds. The van der Waals surface area contributed by atoms with Gasteiger partial charge in [0.15, 0.2) is 5.16 Å². The molecule has 0 aliphatic carbocycles. The van der Waals surface area contributed by atoms with Crippen LogP contribution in [0.25, 0.3) is 20.4 Å². The van der Waals surface area contributed by atoms with Gasteiger partial charge in [0.05, 0.1) is 11.3 Å². The number of thioether (sulfide) groups is 1. The van der Waals surface area contributed by atoms with E-state index in [0.717, 1.165) is 15.9 Å². The van der Waals surface area contributed by atoms with Gasteiger partial charge in [-0.05, 0) is 30.2 Å². The number of fused-ring (bicyclic) bond motifs is 3. The zero-order valence-corrected chi connectivity index (χ0v) is 17.7. The minimum atomic E-state index is -0.136. The van der Waals surface area contributed by atoms with Crippen molar-refractivity contribution in [2.24, 2.45) is 5.92 Å². The summed E-state index contributed by atoms with van der Waals surface area (Å²) in [6.45, 7) is 4.66. The third kappa shape index (κ3) is 4.18. The number of pyridine rings is 1. The predicted octanol–water partition coefficient (Wildman–Crippen LogP) is 4.39. The lowest BCUT2D eigenvalue weighted by Gasteiger charge is -2.14. The summed E-state index contributed by atoms with van der Waals surface area (Å²) in [5, 5.41) is 4.30. The number of hydrogen-bond acceptors (Lipinski definition) is 6. The van der Waals surface area contributed by atoms with E-state index >= 15 is 0 Å². The first-order valence-corrected chi connectivity index (χ1v) is 11.1. The molecule has 0 saturated carbocycles. The number of para-hydroxylation sites is 1. The largest absolute Gasteiger partial charge is 0.325 e. The van der Waals surface area contributed by atoms with Crippen LogP contribution in [0.3, 0.4) is 0 Å². The Kier molecular flexibility index (Phi) is 5.64. The summed E-state index contributed by atoms with van der Waals surface area (Å²) in [6.07, 6.45) is 1.72. The molecule has 0 saturated heterocycles. The van der Waals surface area contributed by atoms with Gasteiger partial charge in [-0.1, -0.05) is 43.8 Å². The van der Waals surface area contributed by atoms with Gasteiger partial charge in [0, 0.05) is 23.8 Å². The molecule has 1 aromatic carbocycles. The number of rotatable bonds is 6. The van der Waals surface area contributed by atoms with Gasteiger partial charge in [-0.15, -0.1) is 11.3 Å². The molecule has 0 radical (unpaired) electrons. The standard InChI is InChI=1S/C21H20N4O2S2/c1-13(2)11-25-20(27)18-17(15-9-6-10-22-19(15)29-18)24-21(25)28-12-16(26)23-14-7-4-3-5-8-14/h3-10,13H,11-12H2,1-2H3,(H,23,26). The van der Waals surface area contributed by atoms with Gasteiger partial charge in [0.1, 0.15) is 9.53 Å². The zero-order chi connectivity index (χ0) is 20.4. The smallest absolute Gasteiger partial charge is 0.272 e. The van der Waals surface area contributed by atoms with Crippen molar-refractivity contribution in [1.29, 1.82) is 0 Å². The number of nitrogens with zero attached hydrogens (tertiary/aromatic N) is 3. The van der Waals surface area contributed by atoms with Crippen LogP contribution >= 0.6 is 23.1 Å². The third-order valence-corrected chi connectivity index (χ3v) is 6.32. The molecule has 4 aromatic rings. The van der Waals surface area contributed by atoms with E-state index in [4.69, 9.17) is 4.98 Å². The van der Waals surface area contributed by atoms with Crippen molar-refractivity contribution in [2.75, 3.05) is 11.1 Å². The highest BCUT2D eigenvalue weighted by Gasteiger charge is 2.18. The van der Waals surface area contributed by atoms with Gasteiger partial charge in [-0.25, -0.2) is 9.97 Å². The molecule has 3 heterocycles. The fraction of sp³-hybridized carbons (Fsp3) is 0.238. The highest BCUT2D eigenvalue weighted by atomic mass is 32.2. The maximum Gasteiger partial charge on any atom is 0.272 e. The maximum absolute atomic E-state index is 13.2. The van der Waals surface area contributed by atoms with E-state index in [0.29, 0.717) is 21.9 Å². The second-order valence-corrected chi connectivity index (χ2v) is 8.98. The number of aromatic nitrogens is 3. The lowest BCUT2D eigenvalue weighted by atomic mass is 10.2. The molecule has 8 heteroatoms. The fourth-order valence-electron chi connectivity index (χ4n) is 3.03. The summed E-state index contributed by atoms with van der Waals surface area (Å²) in [7, 11) is 0. The van der Waals surface area contributed by atoms with Crippen LogP contribution in [0.1, 0.15) is 13.8 Å². The number of carbonyl (C=O) groups excluding carboxylic acids is 1. The quantitative estimate of drug-likeness (QED) is 0.367. The highest BCUT2D eigenvalue weighted by Crippen LogP contribution is 2.30. The lowest BCUT2D eigenvalue weighted by molar-refractivity contribution is -0.113. The van der Waals surface area contributed by atoms with Crippen LogP contribution in [-0.4, -0.2) is 26.2 Å². The van der Waals surface area contributed by atoms with Crippen molar-refractivity contribution in [3.05, 3.63) is 59.0 Å². The summed E-state index contributed by atoms with van der Waals surface area (Å²) in [5.74, 6) is 0.311. The van der Waals surface area contributed by atoms with Gasteiger partial charge in [0.25, 0.3) is 5.56 Å². The molecule has 0 atom stereocenters. The molecule has 0 spiro atoms. The minimum absolute atomic E-state index is 0.0716. The van der Waals surface area contributed by atoms with Crippen molar-refractivity contribution in [1.82, 2.24) is 14.5 Å². The molecule has 0 aliphatic heterocycles. The van der Waals surface area contributed by atoms with Gasteiger partial charge < -0.3 is 5.32 Å². The van der Waals surface area contributed by atoms with E-state index in [9.17, 15) is 9.59 Å². The molecule has 0 unspecified atom stereocenters. The number of carbonyl (C=O) groups is 1. The zero-order valence-electron chi connectivity index (χ0n) is 16.1. The van der Waals surface area contributed by atoms with Crippen LogP contribution in [0.4, 0.5) is 5.69 Å². The Balaban J connectivity index is 1.68. The molecule has 1 N–H and O–H groups in total. The summed E-state index contributed by atoms with van der Waals surface area (Å²) in [6, 6.07) is 13.1. The Morgan fingerprint density at radius 1 is 1.21 bits per heavy atom. The van der Waals surface area contributed by atoms with E-state index < -0.39 is 0 Å². The molecule has 0 bridgehead atoms. The van der Waals surface area contributed by atoms with Crippen molar-refractivity contribution in [3.8, 4) is 0 Å². The van der Waals surface area contributed by atoms with Crippen LogP contribution in [0.15, 0.2) is 58.6 Å². The molecule has 29 heavy (non-hydrogen) atoms. The molecular weight excluding hydrogens is 404 g/mol. The van der Waals surface area contributed by atoms with Gasteiger partial charge >= 0.3 is 0 Å². The van der Waals surface area contributed by atoms with Crippen molar-refractivity contribution >= 4 is 55.1 Å². The summed E-state index contributed by atoms with van der Waals surface area (Å²) < 4.78 is 2.29. The Morgan fingerprint density at radius 3 is 2.76 bits per heavy atom. The van der Waals surface area contributed by atoms with Crippen LogP contribution in [0, 0.1) is 5.92 Å². The first-order valence-electron chi connectivity index (χ1n) is 9.28. The first-order chi connectivity index (χ1) is 14.0. The monoisotopic (exact) mass is 424 g/mol. The normalized spacial score (nSPS) is 11.4. The highest BCUT2D eigenvalue weighted by molar-refractivity contribution is 7.99. The third-order valence-electron chi connectivity index (χ3n) is 4.26. The molecule has 0 aliphatic rings. The average molecular weight is 425 g/mol. The van der Waals surface area contributed by atoms with Crippen LogP contribution in [0.2, 0.25) is 0 Å². The van der Waals surface area contributed by atoms with E-state index in [-0.39, 0.29) is 23.1 Å². The maximum atomic E-state index is 13.2. The second kappa shape index (κ2) is 8.34. The second-order valence-electron chi connectivity index (χ2n) is 7.04. The Labute approximate surface area is 176 Å². The Hall–Kier alpha value is -2.71. The van der Waals surface area contributed by atoms with Crippen LogP contribution < -0.4 is 10.9 Å². The summed E-state index contributed by atoms with van der Waals surface area (Å²) in [4.78, 5) is 35.5. The van der Waals surface area contributed by atoms with E-state index in [1.54, 1.807) is 10.8 Å². The average Bonchev–Trinajstić information content (AvgIpc) is 3.08. The van der Waals surface area contributed by atoms with Gasteiger partial charge in [-0.3, -0.25) is 14.2 Å². The van der Waals surface area contributed by atoms with Crippen molar-refractivity contribution < 1.29 is 4.79 Å². The first kappa shape index (κ1) is 19.6. The molecule has 4 rings (SSSR count). The fourth-order valence-corrected chi connectivity index (χ4v) is 4.86. The summed E-state index contributed by atoms with van der Waals surface area (Å²) in [5.41, 5.74) is 1.34. The Morgan fingerprint density at radius 2 is 2.00 bits per heavy atom. The number of anilines is 1. The van der Waals surface area contributed by atoms with Crippen molar-refractivity contribution in [2.45, 2.75) is 25.5 Å². The molecule has 3 aromatic heterocycles. The topological polar surface area (TPSA) is 76.9 Å². The van der Waals surface area contributed by atoms with Crippen LogP contribution in [0.5, 0.6) is 0 Å². The van der Waals surface area contributed by atoms with E-state index in [1.807, 2.05) is 42.5 Å². The number of benzene rings is 1. The number of hydrogen-bond donors (Lipinski definition) is 1. The number of nitrogens with one attached hydrogen (secondary N) is 1. The van der Waals surface area contributed by atoms with E-state index in [1.165, 1.54) is 23.1 Å². The Bertz CT molecular complexity index is 1230. The van der Waals surface area contributed by atoms with Crippen molar-refractivity contribution in [3.63, 3.8) is 0 Å². The molecular formula is C21H20N4O2S2. The predicted molar refractivity (Wildman–Crippen MR) is 120 cm³/mol. The lowest BCUT2D eigenvalue weighted by Crippen LogP contribution is -2.25. The van der Waals surface area contributed by atoms with Gasteiger partial charge in [0.2, 0.25) is 5.91 Å². The number of thiophene rings is 1. The SMILES string of the molecule is CC(C)Cn1c(SCC(=O)Nc2ccccc2)nc2c(sc3ncccc32)c1=O. The molecule has 148 valence electrons. The minimum Gasteiger partial charge on any atom is -0.325 e. The number of amides is 1. The molecule has 0 fully saturated rings. The van der Waals surface area contributed by atoms with E-state index in [2.05, 4.69) is 24.1 Å². The molecule has 6 nitrogen and oxygen atoms in total. The summed E-state index contributed by atoms with van der Waals surface area (Å²) >= 11 is 2.65. The van der Waals surface area contributed by atoms with Gasteiger partial charge in [-0.2, -0.15) is 0 Å². The van der Waals surface area contributed by atoms with Crippen LogP contribution in [-0.2, 0) is 11.3 Å².